The Balaban J connectivity index is 1.85. The van der Waals surface area contributed by atoms with E-state index in [1.54, 1.807) is 41.3 Å². The molecule has 2 aliphatic rings. The third kappa shape index (κ3) is 4.60. The number of halogens is 2. The Morgan fingerprint density at radius 2 is 1.73 bits per heavy atom. The fourth-order valence-corrected chi connectivity index (χ4v) is 5.54. The van der Waals surface area contributed by atoms with Gasteiger partial charge in [-0.1, -0.05) is 49.7 Å². The second-order valence-corrected chi connectivity index (χ2v) is 11.0. The van der Waals surface area contributed by atoms with E-state index < -0.39 is 11.7 Å². The number of amidine groups is 1. The second-order valence-electron chi connectivity index (χ2n) is 10.6. The quantitative estimate of drug-likeness (QED) is 0.348. The van der Waals surface area contributed by atoms with Crippen LogP contribution in [0.2, 0.25) is 5.02 Å². The number of aryl methyl sites for hydroxylation is 1. The van der Waals surface area contributed by atoms with Crippen molar-refractivity contribution in [1.82, 2.24) is 0 Å². The van der Waals surface area contributed by atoms with Crippen LogP contribution in [-0.2, 0) is 4.79 Å². The van der Waals surface area contributed by atoms with Gasteiger partial charge in [-0.25, -0.2) is 4.39 Å². The highest BCUT2D eigenvalue weighted by Crippen LogP contribution is 2.51. The summed E-state index contributed by atoms with van der Waals surface area (Å²) in [5.41, 5.74) is 4.17. The maximum absolute atomic E-state index is 13.9. The summed E-state index contributed by atoms with van der Waals surface area (Å²) in [4.78, 5) is 15.6. The predicted octanol–water partition coefficient (Wildman–Crippen LogP) is 7.98. The van der Waals surface area contributed by atoms with Crippen molar-refractivity contribution in [3.05, 3.63) is 117 Å². The van der Waals surface area contributed by atoms with Gasteiger partial charge in [-0.3, -0.25) is 15.1 Å². The molecule has 1 unspecified atom stereocenters. The first kappa shape index (κ1) is 25.0. The van der Waals surface area contributed by atoms with Gasteiger partial charge in [-0.2, -0.15) is 0 Å². The number of carbonyl (C=O) groups is 1. The summed E-state index contributed by atoms with van der Waals surface area (Å²) in [5.74, 6) is -1.18. The Bertz CT molecular complexity index is 1470. The first-order valence-corrected chi connectivity index (χ1v) is 12.6. The summed E-state index contributed by atoms with van der Waals surface area (Å²) in [6.07, 6.45) is 0.921. The molecule has 1 atom stereocenters. The van der Waals surface area contributed by atoms with E-state index >= 15 is 0 Å². The van der Waals surface area contributed by atoms with Crippen LogP contribution in [0.15, 0.2) is 89.6 Å². The van der Waals surface area contributed by atoms with Gasteiger partial charge in [-0.15, -0.1) is 0 Å². The molecule has 1 aliphatic carbocycles. The molecule has 0 radical (unpaired) electrons. The molecule has 0 fully saturated rings. The van der Waals surface area contributed by atoms with Gasteiger partial charge < -0.3 is 5.11 Å². The number of nitrogens with one attached hydrogen (secondary N) is 1. The van der Waals surface area contributed by atoms with Gasteiger partial charge in [0.25, 0.3) is 0 Å². The second kappa shape index (κ2) is 9.31. The van der Waals surface area contributed by atoms with Crippen molar-refractivity contribution in [3.8, 4) is 0 Å². The lowest BCUT2D eigenvalue weighted by Crippen LogP contribution is -2.45. The molecule has 188 valence electrons. The minimum atomic E-state index is -0.719. The van der Waals surface area contributed by atoms with Gasteiger partial charge in [0.1, 0.15) is 17.4 Å². The largest absolute Gasteiger partial charge is 0.507 e. The number of carbonyl (C=O) groups excluding carboxylic acids is 1. The van der Waals surface area contributed by atoms with E-state index in [4.69, 9.17) is 11.6 Å². The molecule has 0 saturated heterocycles. The van der Waals surface area contributed by atoms with Crippen LogP contribution in [0.3, 0.4) is 0 Å². The zero-order chi connectivity index (χ0) is 26.5. The monoisotopic (exact) mass is 514 g/mol. The van der Waals surface area contributed by atoms with Crippen LogP contribution in [0.25, 0.3) is 5.76 Å². The minimum Gasteiger partial charge on any atom is -0.507 e. The number of rotatable bonds is 3. The molecule has 2 N–H and O–H groups in total. The van der Waals surface area contributed by atoms with Crippen LogP contribution in [0.5, 0.6) is 0 Å². The fraction of sp³-hybridized carbons (Fsp3) is 0.226. The van der Waals surface area contributed by atoms with Crippen LogP contribution < -0.4 is 4.90 Å². The number of allylic oxidation sites excluding steroid dienone is 2. The average Bonchev–Trinajstić information content (AvgIpc) is 2.83. The van der Waals surface area contributed by atoms with Crippen LogP contribution in [0.4, 0.5) is 10.1 Å². The number of anilines is 1. The van der Waals surface area contributed by atoms with Crippen LogP contribution in [-0.4, -0.2) is 16.7 Å². The number of hydrogen-bond donors (Lipinski definition) is 2. The Hall–Kier alpha value is -3.70. The smallest absolute Gasteiger partial charge is 0.162 e. The van der Waals surface area contributed by atoms with Crippen molar-refractivity contribution in [1.29, 1.82) is 5.41 Å². The first-order chi connectivity index (χ1) is 17.6. The minimum absolute atomic E-state index is 0.0351. The van der Waals surface area contributed by atoms with Crippen LogP contribution in [0.1, 0.15) is 49.3 Å². The van der Waals surface area contributed by atoms with E-state index in [-0.39, 0.29) is 22.8 Å². The average molecular weight is 515 g/mol. The lowest BCUT2D eigenvalue weighted by Gasteiger charge is -2.45. The summed E-state index contributed by atoms with van der Waals surface area (Å²) in [7, 11) is 0. The van der Waals surface area contributed by atoms with E-state index in [0.717, 1.165) is 16.9 Å². The zero-order valence-electron chi connectivity index (χ0n) is 21.0. The zero-order valence-corrected chi connectivity index (χ0v) is 21.7. The third-order valence-corrected chi connectivity index (χ3v) is 7.31. The maximum atomic E-state index is 13.9. The molecular weight excluding hydrogens is 487 g/mol. The summed E-state index contributed by atoms with van der Waals surface area (Å²) in [6, 6.07) is 20.4. The summed E-state index contributed by atoms with van der Waals surface area (Å²) in [5, 5.41) is 21.6. The van der Waals surface area contributed by atoms with E-state index in [1.165, 1.54) is 12.1 Å². The molecule has 5 rings (SSSR count). The number of nitrogens with zero attached hydrogens (tertiary/aromatic N) is 1. The van der Waals surface area contributed by atoms with Crippen molar-refractivity contribution in [2.45, 2.75) is 39.5 Å². The number of ketones is 1. The van der Waals surface area contributed by atoms with Gasteiger partial charge in [-0.05, 0) is 78.4 Å². The Morgan fingerprint density at radius 3 is 2.38 bits per heavy atom. The predicted molar refractivity (Wildman–Crippen MR) is 147 cm³/mol. The van der Waals surface area contributed by atoms with Crippen molar-refractivity contribution in [2.24, 2.45) is 5.41 Å². The van der Waals surface area contributed by atoms with Crippen molar-refractivity contribution in [2.75, 3.05) is 4.90 Å². The molecule has 0 amide bonds. The normalized spacial score (nSPS) is 20.7. The molecule has 1 aliphatic heterocycles. The number of Topliss-reactive ketones (excluding diaryl/α,β-unsaturated/α-hetero) is 1. The summed E-state index contributed by atoms with van der Waals surface area (Å²) >= 11 is 6.09. The first-order valence-electron chi connectivity index (χ1n) is 12.2. The molecule has 6 heteroatoms. The molecule has 0 aromatic heterocycles. The van der Waals surface area contributed by atoms with Gasteiger partial charge in [0.05, 0.1) is 0 Å². The highest BCUT2D eigenvalue weighted by molar-refractivity contribution is 6.30. The lowest BCUT2D eigenvalue weighted by atomic mass is 9.67. The van der Waals surface area contributed by atoms with Crippen LogP contribution >= 0.6 is 11.6 Å². The number of benzene rings is 3. The Kier molecular flexibility index (Phi) is 6.28. The Morgan fingerprint density at radius 1 is 1.05 bits per heavy atom. The molecular formula is C31H28ClFN2O2. The number of hydrogen-bond acceptors (Lipinski definition) is 3. The van der Waals surface area contributed by atoms with Gasteiger partial charge in [0.15, 0.2) is 5.78 Å². The van der Waals surface area contributed by atoms with E-state index in [9.17, 15) is 19.7 Å². The van der Waals surface area contributed by atoms with E-state index in [1.807, 2.05) is 31.2 Å². The highest BCUT2D eigenvalue weighted by atomic mass is 35.5. The molecule has 4 nitrogen and oxygen atoms in total. The molecule has 3 aromatic carbocycles. The van der Waals surface area contributed by atoms with Crippen molar-refractivity contribution >= 4 is 34.7 Å². The molecule has 1 heterocycles. The number of aliphatic hydroxyl groups excluding tert-OH is 1. The van der Waals surface area contributed by atoms with Crippen molar-refractivity contribution in [3.63, 3.8) is 0 Å². The van der Waals surface area contributed by atoms with Crippen LogP contribution in [0, 0.1) is 23.6 Å². The topological polar surface area (TPSA) is 64.4 Å². The molecule has 3 aromatic rings. The van der Waals surface area contributed by atoms with Gasteiger partial charge >= 0.3 is 0 Å². The lowest BCUT2D eigenvalue weighted by molar-refractivity contribution is -0.118. The van der Waals surface area contributed by atoms with Gasteiger partial charge in [0.2, 0.25) is 0 Å². The summed E-state index contributed by atoms with van der Waals surface area (Å²) < 4.78 is 13.9. The van der Waals surface area contributed by atoms with E-state index in [0.29, 0.717) is 40.1 Å². The maximum Gasteiger partial charge on any atom is 0.162 e. The third-order valence-electron chi connectivity index (χ3n) is 7.06. The molecule has 37 heavy (non-hydrogen) atoms. The molecule has 0 saturated carbocycles. The summed E-state index contributed by atoms with van der Waals surface area (Å²) in [6.45, 7) is 6.08. The number of aliphatic hydroxyl groups is 1. The van der Waals surface area contributed by atoms with E-state index in [2.05, 4.69) is 13.8 Å². The SMILES string of the molecule is Cc1cccc(N2C(=N)/C(=C(/O)c3ccc(Cl)cc3)C(c3ccc(F)cc3)C3=C2CC(C)(C)CC3=O)c1. The highest BCUT2D eigenvalue weighted by Gasteiger charge is 2.46. The Labute approximate surface area is 221 Å². The van der Waals surface area contributed by atoms with Gasteiger partial charge in [0, 0.05) is 45.5 Å². The molecule has 0 bridgehead atoms. The molecule has 0 spiro atoms. The standard InChI is InChI=1S/C31H28ClFN2O2/c1-18-5-4-6-23(15-18)35-24-16-31(2,3)17-25(36)27(24)26(19-9-13-22(33)14-10-19)28(30(35)34)29(37)20-7-11-21(32)12-8-20/h4-15,26,34,37H,16-17H2,1-3H3/b29-28+,34-30?. The fourth-order valence-electron chi connectivity index (χ4n) is 5.42. The van der Waals surface area contributed by atoms with Crippen molar-refractivity contribution < 1.29 is 14.3 Å².